The van der Waals surface area contributed by atoms with Gasteiger partial charge in [0.2, 0.25) is 0 Å². The van der Waals surface area contributed by atoms with Crippen LogP contribution in [0.4, 0.5) is 13.2 Å². The number of fused-ring (bicyclic) bond motifs is 1. The predicted molar refractivity (Wildman–Crippen MR) is 103 cm³/mol. The number of carbonyl (C=O) groups is 1. The van der Waals surface area contributed by atoms with Crippen LogP contribution in [0.3, 0.4) is 0 Å². The molecule has 0 spiro atoms. The Bertz CT molecular complexity index is 1130. The number of amides is 1. The smallest absolute Gasteiger partial charge is 0.395 e. The summed E-state index contributed by atoms with van der Waals surface area (Å²) in [6.45, 7) is 0. The van der Waals surface area contributed by atoms with Gasteiger partial charge in [0.25, 0.3) is 5.91 Å². The van der Waals surface area contributed by atoms with E-state index in [1.807, 2.05) is 23.9 Å². The van der Waals surface area contributed by atoms with E-state index < -0.39 is 17.8 Å². The van der Waals surface area contributed by atoms with Crippen molar-refractivity contribution in [2.75, 3.05) is 7.05 Å². The van der Waals surface area contributed by atoms with E-state index in [0.717, 1.165) is 16.8 Å². The van der Waals surface area contributed by atoms with E-state index >= 15 is 0 Å². The Morgan fingerprint density at radius 2 is 2.03 bits per heavy atom. The molecule has 1 aromatic carbocycles. The van der Waals surface area contributed by atoms with E-state index in [-0.39, 0.29) is 11.4 Å². The van der Waals surface area contributed by atoms with Crippen molar-refractivity contribution in [2.24, 2.45) is 17.8 Å². The van der Waals surface area contributed by atoms with Gasteiger partial charge in [0.05, 0.1) is 5.52 Å². The van der Waals surface area contributed by atoms with Gasteiger partial charge in [-0.05, 0) is 18.2 Å². The average molecular weight is 402 g/mol. The van der Waals surface area contributed by atoms with Gasteiger partial charge in [-0.3, -0.25) is 14.8 Å². The first-order chi connectivity index (χ1) is 13.7. The van der Waals surface area contributed by atoms with Crippen molar-refractivity contribution in [3.8, 4) is 11.4 Å². The second kappa shape index (κ2) is 7.74. The number of carbonyl (C=O) groups excluding carboxylic acids is 1. The maximum atomic E-state index is 12.6. The molecule has 0 saturated carbocycles. The number of nitrogens with zero attached hydrogens (tertiary/aromatic N) is 4. The van der Waals surface area contributed by atoms with Crippen molar-refractivity contribution in [2.45, 2.75) is 6.18 Å². The Hall–Kier alpha value is -3.69. The lowest BCUT2D eigenvalue weighted by Crippen LogP contribution is -2.31. The monoisotopic (exact) mass is 402 g/mol. The van der Waals surface area contributed by atoms with Gasteiger partial charge >= 0.3 is 6.18 Å². The minimum Gasteiger partial charge on any atom is -0.395 e. The standard InChI is InChI=1S/C19H17F3N6O/c1-24-16(9-15(23)19(20,21)22)27-18(29)12-4-3-11-7-13(10-26-14(11)8-12)17-25-5-6-28(17)2/h3-10H,23H2,1-2H3,(H,24,27,29). The van der Waals surface area contributed by atoms with Crippen LogP contribution >= 0.6 is 0 Å². The number of hydrogen-bond acceptors (Lipinski definition) is 5. The third-order valence-corrected chi connectivity index (χ3v) is 4.13. The van der Waals surface area contributed by atoms with Crippen LogP contribution in [0.1, 0.15) is 10.4 Å². The maximum Gasteiger partial charge on any atom is 0.430 e. The normalized spacial score (nSPS) is 13.0. The molecule has 0 aliphatic rings. The van der Waals surface area contributed by atoms with Crippen molar-refractivity contribution < 1.29 is 18.0 Å². The molecule has 0 fully saturated rings. The molecule has 3 rings (SSSR count). The molecule has 150 valence electrons. The maximum absolute atomic E-state index is 12.6. The van der Waals surface area contributed by atoms with Crippen molar-refractivity contribution in [3.05, 3.63) is 60.2 Å². The van der Waals surface area contributed by atoms with Crippen molar-refractivity contribution in [1.82, 2.24) is 19.9 Å². The predicted octanol–water partition coefficient (Wildman–Crippen LogP) is 2.80. The minimum atomic E-state index is -4.71. The highest BCUT2D eigenvalue weighted by Crippen LogP contribution is 2.22. The van der Waals surface area contributed by atoms with E-state index in [4.69, 9.17) is 5.73 Å². The van der Waals surface area contributed by atoms with Gasteiger partial charge in [0.1, 0.15) is 17.4 Å². The lowest BCUT2D eigenvalue weighted by atomic mass is 10.1. The molecule has 0 unspecified atom stereocenters. The number of allylic oxidation sites excluding steroid dienone is 1. The van der Waals surface area contributed by atoms with E-state index in [2.05, 4.69) is 20.3 Å². The molecular formula is C19H17F3N6O. The second-order valence-corrected chi connectivity index (χ2v) is 6.15. The number of aliphatic imine (C=N–C) groups is 1. The number of amidine groups is 1. The van der Waals surface area contributed by atoms with Crippen LogP contribution in [0, 0.1) is 0 Å². The summed E-state index contributed by atoms with van der Waals surface area (Å²) >= 11 is 0. The Morgan fingerprint density at radius 3 is 2.66 bits per heavy atom. The Kier molecular flexibility index (Phi) is 5.35. The van der Waals surface area contributed by atoms with Crippen LogP contribution in [0.5, 0.6) is 0 Å². The zero-order chi connectivity index (χ0) is 21.2. The fraction of sp³-hybridized carbons (Fsp3) is 0.158. The molecule has 0 radical (unpaired) electrons. The number of nitrogens with two attached hydrogens (primary N) is 1. The molecule has 2 aromatic heterocycles. The summed E-state index contributed by atoms with van der Waals surface area (Å²) < 4.78 is 39.6. The zero-order valence-electron chi connectivity index (χ0n) is 15.5. The molecular weight excluding hydrogens is 385 g/mol. The summed E-state index contributed by atoms with van der Waals surface area (Å²) in [5, 5.41) is 3.09. The number of alkyl halides is 3. The quantitative estimate of drug-likeness (QED) is 0.520. The molecule has 0 saturated heterocycles. The summed E-state index contributed by atoms with van der Waals surface area (Å²) in [6, 6.07) is 6.67. The molecule has 0 aliphatic carbocycles. The van der Waals surface area contributed by atoms with Crippen molar-refractivity contribution in [1.29, 1.82) is 0 Å². The third-order valence-electron chi connectivity index (χ3n) is 4.13. The first-order valence-corrected chi connectivity index (χ1v) is 8.39. The number of benzene rings is 1. The fourth-order valence-corrected chi connectivity index (χ4v) is 2.60. The van der Waals surface area contributed by atoms with Gasteiger partial charge in [0.15, 0.2) is 0 Å². The van der Waals surface area contributed by atoms with Gasteiger partial charge in [-0.1, -0.05) is 6.07 Å². The van der Waals surface area contributed by atoms with Gasteiger partial charge in [0, 0.05) is 55.3 Å². The number of hydrogen-bond donors (Lipinski definition) is 2. The summed E-state index contributed by atoms with van der Waals surface area (Å²) in [5.74, 6) is -0.184. The lowest BCUT2D eigenvalue weighted by molar-refractivity contribution is -0.0925. The van der Waals surface area contributed by atoms with Crippen LogP contribution in [0.25, 0.3) is 22.3 Å². The average Bonchev–Trinajstić information content (AvgIpc) is 3.11. The molecule has 0 aliphatic heterocycles. The summed E-state index contributed by atoms with van der Waals surface area (Å²) in [6.07, 6.45) is 0.993. The largest absolute Gasteiger partial charge is 0.430 e. The molecule has 1 amide bonds. The molecule has 7 nitrogen and oxygen atoms in total. The summed E-state index contributed by atoms with van der Waals surface area (Å²) in [5.41, 5.74) is 5.19. The molecule has 0 atom stereocenters. The topological polar surface area (TPSA) is 98.2 Å². The third kappa shape index (κ3) is 4.42. The molecule has 10 heteroatoms. The number of rotatable bonds is 3. The van der Waals surface area contributed by atoms with Crippen LogP contribution < -0.4 is 11.1 Å². The number of pyridine rings is 1. The van der Waals surface area contributed by atoms with Gasteiger partial charge in [-0.15, -0.1) is 0 Å². The van der Waals surface area contributed by atoms with Crippen LogP contribution in [0.15, 0.2) is 59.6 Å². The van der Waals surface area contributed by atoms with Gasteiger partial charge in [-0.2, -0.15) is 13.2 Å². The Balaban J connectivity index is 1.84. The van der Waals surface area contributed by atoms with E-state index in [1.165, 1.54) is 13.1 Å². The molecule has 3 aromatic rings. The minimum absolute atomic E-state index is 0.217. The number of aryl methyl sites for hydroxylation is 1. The van der Waals surface area contributed by atoms with Crippen LogP contribution in [-0.2, 0) is 7.05 Å². The highest BCUT2D eigenvalue weighted by molar-refractivity contribution is 6.11. The Morgan fingerprint density at radius 1 is 1.28 bits per heavy atom. The highest BCUT2D eigenvalue weighted by atomic mass is 19.4. The number of aromatic nitrogens is 3. The first-order valence-electron chi connectivity index (χ1n) is 8.39. The van der Waals surface area contributed by atoms with Crippen LogP contribution in [-0.4, -0.2) is 39.5 Å². The molecule has 29 heavy (non-hydrogen) atoms. The Labute approximate surface area is 163 Å². The summed E-state index contributed by atoms with van der Waals surface area (Å²) in [7, 11) is 3.11. The van der Waals surface area contributed by atoms with Crippen LogP contribution in [0.2, 0.25) is 0 Å². The first kappa shape index (κ1) is 20.1. The molecule has 0 bridgehead atoms. The van der Waals surface area contributed by atoms with Crippen molar-refractivity contribution in [3.63, 3.8) is 0 Å². The zero-order valence-corrected chi connectivity index (χ0v) is 15.5. The lowest BCUT2D eigenvalue weighted by Gasteiger charge is -2.09. The molecule has 2 heterocycles. The highest BCUT2D eigenvalue weighted by Gasteiger charge is 2.31. The van der Waals surface area contributed by atoms with E-state index in [9.17, 15) is 18.0 Å². The van der Waals surface area contributed by atoms with Crippen molar-refractivity contribution >= 4 is 22.6 Å². The second-order valence-electron chi connectivity index (χ2n) is 6.15. The summed E-state index contributed by atoms with van der Waals surface area (Å²) in [4.78, 5) is 24.7. The molecule has 3 N–H and O–H groups in total. The number of halogens is 3. The van der Waals surface area contributed by atoms with Gasteiger partial charge in [-0.25, -0.2) is 4.98 Å². The number of nitrogens with one attached hydrogen (secondary N) is 1. The SMILES string of the molecule is CN=C(C=C(N)C(F)(F)F)NC(=O)c1ccc2cc(-c3nccn3C)cnc2c1. The van der Waals surface area contributed by atoms with Gasteiger partial charge < -0.3 is 15.6 Å². The number of imidazole rings is 1. The fourth-order valence-electron chi connectivity index (χ4n) is 2.60. The van der Waals surface area contributed by atoms with E-state index in [1.54, 1.807) is 24.5 Å². The van der Waals surface area contributed by atoms with E-state index in [0.29, 0.717) is 11.6 Å².